The first-order valence-electron chi connectivity index (χ1n) is 13.8. The van der Waals surface area contributed by atoms with Gasteiger partial charge in [-0.25, -0.2) is 14.8 Å². The fourth-order valence-electron chi connectivity index (χ4n) is 5.34. The lowest BCUT2D eigenvalue weighted by molar-refractivity contribution is -0.301. The Hall–Kier alpha value is -3.69. The molecule has 9 nitrogen and oxygen atoms in total. The van der Waals surface area contributed by atoms with Gasteiger partial charge in [-0.1, -0.05) is 49.6 Å². The average molecular weight is 532 g/mol. The number of methoxy groups -OCH3 is 1. The third-order valence-electron chi connectivity index (χ3n) is 7.43. The van der Waals surface area contributed by atoms with E-state index in [1.165, 1.54) is 19.3 Å². The summed E-state index contributed by atoms with van der Waals surface area (Å²) in [7, 11) is 1.63. The van der Waals surface area contributed by atoms with E-state index >= 15 is 0 Å². The van der Waals surface area contributed by atoms with E-state index in [1.807, 2.05) is 60.1 Å². The maximum atomic E-state index is 13.3. The van der Waals surface area contributed by atoms with Crippen molar-refractivity contribution in [3.63, 3.8) is 0 Å². The van der Waals surface area contributed by atoms with Crippen LogP contribution < -0.4 is 15.2 Å². The zero-order valence-corrected chi connectivity index (χ0v) is 23.0. The van der Waals surface area contributed by atoms with E-state index in [9.17, 15) is 4.79 Å². The van der Waals surface area contributed by atoms with Gasteiger partial charge in [0, 0.05) is 24.8 Å². The molecule has 5 rings (SSSR count). The van der Waals surface area contributed by atoms with Crippen LogP contribution in [0.4, 0.5) is 5.69 Å². The van der Waals surface area contributed by atoms with Crippen LogP contribution in [-0.2, 0) is 16.4 Å². The molecule has 1 fully saturated rings. The normalized spacial score (nSPS) is 14.1. The van der Waals surface area contributed by atoms with E-state index in [4.69, 9.17) is 24.6 Å². The lowest BCUT2D eigenvalue weighted by Gasteiger charge is -2.24. The molecule has 0 spiro atoms. The molecule has 1 saturated carbocycles. The van der Waals surface area contributed by atoms with E-state index in [-0.39, 0.29) is 11.6 Å². The number of rotatable bonds is 11. The van der Waals surface area contributed by atoms with Crippen molar-refractivity contribution in [2.75, 3.05) is 31.7 Å². The summed E-state index contributed by atoms with van der Waals surface area (Å²) in [4.78, 5) is 34.1. The van der Waals surface area contributed by atoms with Crippen LogP contribution in [0.1, 0.15) is 56.3 Å². The molecule has 1 aliphatic rings. The van der Waals surface area contributed by atoms with Crippen LogP contribution in [0.25, 0.3) is 22.4 Å². The fourth-order valence-corrected chi connectivity index (χ4v) is 5.34. The van der Waals surface area contributed by atoms with Crippen LogP contribution in [0.5, 0.6) is 5.75 Å². The molecule has 0 atom stereocenters. The Kier molecular flexibility index (Phi) is 8.58. The summed E-state index contributed by atoms with van der Waals surface area (Å²) < 4.78 is 7.65. The number of likely N-dealkylation sites (N-methyl/N-ethyl adjacent to an activating group) is 1. The second-order valence-corrected chi connectivity index (χ2v) is 9.97. The molecule has 0 aliphatic heterocycles. The van der Waals surface area contributed by atoms with E-state index in [2.05, 4.69) is 16.8 Å². The summed E-state index contributed by atoms with van der Waals surface area (Å²) in [5.41, 5.74) is 4.57. The first-order chi connectivity index (χ1) is 19.1. The van der Waals surface area contributed by atoms with E-state index < -0.39 is 0 Å². The molecule has 4 aromatic rings. The van der Waals surface area contributed by atoms with Gasteiger partial charge in [0.25, 0.3) is 5.56 Å². The van der Waals surface area contributed by atoms with Gasteiger partial charge in [-0.05, 0) is 44.4 Å². The van der Waals surface area contributed by atoms with E-state index in [1.54, 1.807) is 7.11 Å². The van der Waals surface area contributed by atoms with Crippen molar-refractivity contribution in [3.8, 4) is 17.1 Å². The summed E-state index contributed by atoms with van der Waals surface area (Å²) in [5.74, 6) is 1.11. The van der Waals surface area contributed by atoms with Gasteiger partial charge in [-0.2, -0.15) is 5.10 Å². The molecule has 0 bridgehead atoms. The molecular formula is C30H37N5O4. The Bertz CT molecular complexity index is 1440. The zero-order chi connectivity index (χ0) is 27.2. The smallest absolute Gasteiger partial charge is 0.277 e. The van der Waals surface area contributed by atoms with Crippen LogP contribution in [0, 0.1) is 6.92 Å². The Labute approximate surface area is 228 Å². The van der Waals surface area contributed by atoms with Gasteiger partial charge in [-0.3, -0.25) is 9.48 Å². The van der Waals surface area contributed by atoms with Crippen LogP contribution in [0.2, 0.25) is 0 Å². The minimum atomic E-state index is -0.171. The molecule has 206 valence electrons. The lowest BCUT2D eigenvalue weighted by atomic mass is 9.95. The molecule has 1 aliphatic carbocycles. The predicted molar refractivity (Wildman–Crippen MR) is 152 cm³/mol. The molecule has 0 unspecified atom stereocenters. The highest BCUT2D eigenvalue weighted by Gasteiger charge is 2.23. The highest BCUT2D eigenvalue weighted by atomic mass is 17.2. The molecule has 2 heterocycles. The molecule has 0 amide bonds. The number of H-pyrrole nitrogens is 1. The first kappa shape index (κ1) is 26.9. The first-order valence-corrected chi connectivity index (χ1v) is 13.8. The standard InChI is InChI=1S/C30H37N5O4/c1-4-34(17-18-38-39-20-22-11-7-5-8-12-22)24-15-16-25(26(19-24)37-3)29-31-27-21(2)33-35(28(27)30(36)32-29)23-13-9-6-10-14-23/h5,7-8,11-12,15-16,19,23H,4,6,9-10,13-14,17-18,20H2,1-3H3,(H,31,32,36). The van der Waals surface area contributed by atoms with Crippen molar-refractivity contribution in [1.82, 2.24) is 19.7 Å². The monoisotopic (exact) mass is 531 g/mol. The molecule has 1 N–H and O–H groups in total. The highest BCUT2D eigenvalue weighted by Crippen LogP contribution is 2.34. The van der Waals surface area contributed by atoms with Crippen molar-refractivity contribution >= 4 is 16.7 Å². The van der Waals surface area contributed by atoms with Crippen molar-refractivity contribution in [1.29, 1.82) is 0 Å². The maximum absolute atomic E-state index is 13.3. The third kappa shape index (κ3) is 5.99. The number of aryl methyl sites for hydroxylation is 1. The van der Waals surface area contributed by atoms with Gasteiger partial charge in [0.05, 0.1) is 31.0 Å². The van der Waals surface area contributed by atoms with Crippen molar-refractivity contribution in [2.24, 2.45) is 0 Å². The second-order valence-electron chi connectivity index (χ2n) is 9.97. The van der Waals surface area contributed by atoms with E-state index in [0.29, 0.717) is 42.4 Å². The van der Waals surface area contributed by atoms with Crippen LogP contribution >= 0.6 is 0 Å². The quantitative estimate of drug-likeness (QED) is 0.153. The Balaban J connectivity index is 1.32. The van der Waals surface area contributed by atoms with Gasteiger partial charge >= 0.3 is 0 Å². The van der Waals surface area contributed by atoms with Crippen LogP contribution in [0.3, 0.4) is 0 Å². The van der Waals surface area contributed by atoms with Gasteiger partial charge in [0.1, 0.15) is 23.7 Å². The maximum Gasteiger partial charge on any atom is 0.277 e. The summed E-state index contributed by atoms with van der Waals surface area (Å²) in [6.45, 7) is 6.26. The van der Waals surface area contributed by atoms with Crippen molar-refractivity contribution < 1.29 is 14.5 Å². The molecular weight excluding hydrogens is 494 g/mol. The largest absolute Gasteiger partial charge is 0.496 e. The molecule has 2 aromatic carbocycles. The number of ether oxygens (including phenoxy) is 1. The van der Waals surface area contributed by atoms with Crippen LogP contribution in [0.15, 0.2) is 53.3 Å². The van der Waals surface area contributed by atoms with Crippen LogP contribution in [-0.4, -0.2) is 46.6 Å². The molecule has 39 heavy (non-hydrogen) atoms. The number of hydrogen-bond donors (Lipinski definition) is 1. The van der Waals surface area contributed by atoms with Gasteiger partial charge in [0.15, 0.2) is 5.52 Å². The number of hydrogen-bond acceptors (Lipinski definition) is 7. The lowest BCUT2D eigenvalue weighted by Crippen LogP contribution is -2.27. The average Bonchev–Trinajstić information content (AvgIpc) is 3.32. The topological polar surface area (TPSA) is 94.5 Å². The number of aromatic amines is 1. The number of fused-ring (bicyclic) bond motifs is 1. The summed E-state index contributed by atoms with van der Waals surface area (Å²) in [6, 6.07) is 16.1. The third-order valence-corrected chi connectivity index (χ3v) is 7.43. The number of nitrogens with one attached hydrogen (secondary N) is 1. The molecule has 2 aromatic heterocycles. The minimum Gasteiger partial charge on any atom is -0.496 e. The molecule has 9 heteroatoms. The second kappa shape index (κ2) is 12.4. The summed E-state index contributed by atoms with van der Waals surface area (Å²) >= 11 is 0. The fraction of sp³-hybridized carbons (Fsp3) is 0.433. The minimum absolute atomic E-state index is 0.171. The highest BCUT2D eigenvalue weighted by molar-refractivity contribution is 5.80. The van der Waals surface area contributed by atoms with Crippen molar-refractivity contribution in [2.45, 2.75) is 58.6 Å². The molecule has 0 radical (unpaired) electrons. The number of benzene rings is 2. The Morgan fingerprint density at radius 1 is 1.08 bits per heavy atom. The Morgan fingerprint density at radius 3 is 2.62 bits per heavy atom. The van der Waals surface area contributed by atoms with Gasteiger partial charge < -0.3 is 14.6 Å². The number of anilines is 1. The Morgan fingerprint density at radius 2 is 1.87 bits per heavy atom. The number of nitrogens with zero attached hydrogens (tertiary/aromatic N) is 4. The predicted octanol–water partition coefficient (Wildman–Crippen LogP) is 5.58. The van der Waals surface area contributed by atoms with Gasteiger partial charge in [-0.15, -0.1) is 0 Å². The number of aromatic nitrogens is 4. The van der Waals surface area contributed by atoms with E-state index in [0.717, 1.165) is 41.9 Å². The summed E-state index contributed by atoms with van der Waals surface area (Å²) in [6.07, 6.45) is 5.67. The molecule has 0 saturated heterocycles. The van der Waals surface area contributed by atoms with Crippen molar-refractivity contribution in [3.05, 3.63) is 70.1 Å². The van der Waals surface area contributed by atoms with Gasteiger partial charge in [0.2, 0.25) is 0 Å². The SMILES string of the molecule is CCN(CCOOCc1ccccc1)c1ccc(-c2nc3c(C)nn(C4CCCCC4)c3c(=O)[nH]2)c(OC)c1. The summed E-state index contributed by atoms with van der Waals surface area (Å²) in [5, 5.41) is 4.73. The zero-order valence-electron chi connectivity index (χ0n) is 23.0.